The van der Waals surface area contributed by atoms with Crippen molar-refractivity contribution >= 4 is 23.5 Å². The fourth-order valence-corrected chi connectivity index (χ4v) is 1.20. The number of carbonyl (C=O) groups excluding carboxylic acids is 1. The lowest BCUT2D eigenvalue weighted by Gasteiger charge is -2.17. The SMILES string of the molecule is O=C(CC(O)(C(=O)O)C(=O)O)Nc1ccccc1. The minimum atomic E-state index is -3.13. The van der Waals surface area contributed by atoms with E-state index in [1.54, 1.807) is 30.3 Å². The van der Waals surface area contributed by atoms with Crippen molar-refractivity contribution < 1.29 is 29.7 Å². The van der Waals surface area contributed by atoms with Crippen molar-refractivity contribution in [3.8, 4) is 0 Å². The molecular formula is C11H11NO6. The number of nitrogens with one attached hydrogen (secondary N) is 1. The van der Waals surface area contributed by atoms with Crippen molar-refractivity contribution in [2.24, 2.45) is 0 Å². The van der Waals surface area contributed by atoms with E-state index in [0.717, 1.165) is 0 Å². The zero-order chi connectivity index (χ0) is 13.8. The van der Waals surface area contributed by atoms with Crippen LogP contribution in [-0.4, -0.2) is 38.8 Å². The molecule has 0 aliphatic carbocycles. The lowest BCUT2D eigenvalue weighted by molar-refractivity contribution is -0.177. The second-order valence-electron chi connectivity index (χ2n) is 3.56. The molecule has 7 heteroatoms. The smallest absolute Gasteiger partial charge is 0.348 e. The maximum atomic E-state index is 11.4. The van der Waals surface area contributed by atoms with Crippen LogP contribution in [0.5, 0.6) is 0 Å². The van der Waals surface area contributed by atoms with Crippen LogP contribution < -0.4 is 5.32 Å². The van der Waals surface area contributed by atoms with Gasteiger partial charge < -0.3 is 20.6 Å². The van der Waals surface area contributed by atoms with Crippen LogP contribution in [-0.2, 0) is 14.4 Å². The van der Waals surface area contributed by atoms with Crippen molar-refractivity contribution in [2.45, 2.75) is 12.0 Å². The quantitative estimate of drug-likeness (QED) is 0.544. The summed E-state index contributed by atoms with van der Waals surface area (Å²) in [6.07, 6.45) is -1.08. The Morgan fingerprint density at radius 3 is 2.00 bits per heavy atom. The van der Waals surface area contributed by atoms with Crippen molar-refractivity contribution in [1.82, 2.24) is 0 Å². The lowest BCUT2D eigenvalue weighted by Crippen LogP contribution is -2.49. The number of para-hydroxylation sites is 1. The summed E-state index contributed by atoms with van der Waals surface area (Å²) in [5.74, 6) is -4.88. The van der Waals surface area contributed by atoms with Crippen LogP contribution >= 0.6 is 0 Å². The zero-order valence-corrected chi connectivity index (χ0v) is 9.16. The Morgan fingerprint density at radius 2 is 1.56 bits per heavy atom. The predicted molar refractivity (Wildman–Crippen MR) is 59.9 cm³/mol. The number of hydrogen-bond donors (Lipinski definition) is 4. The molecule has 96 valence electrons. The molecule has 0 atom stereocenters. The van der Waals surface area contributed by atoms with E-state index in [9.17, 15) is 19.5 Å². The zero-order valence-electron chi connectivity index (χ0n) is 9.16. The van der Waals surface area contributed by atoms with Gasteiger partial charge in [-0.15, -0.1) is 0 Å². The number of benzene rings is 1. The average Bonchev–Trinajstić information content (AvgIpc) is 2.29. The first-order chi connectivity index (χ1) is 8.36. The molecule has 1 rings (SSSR count). The third kappa shape index (κ3) is 3.05. The van der Waals surface area contributed by atoms with Gasteiger partial charge in [-0.2, -0.15) is 0 Å². The number of carboxylic acid groups (broad SMARTS) is 2. The Morgan fingerprint density at radius 1 is 1.06 bits per heavy atom. The van der Waals surface area contributed by atoms with Gasteiger partial charge in [-0.25, -0.2) is 9.59 Å². The van der Waals surface area contributed by atoms with Crippen molar-refractivity contribution in [3.05, 3.63) is 30.3 Å². The highest BCUT2D eigenvalue weighted by molar-refractivity contribution is 6.07. The number of aliphatic hydroxyl groups is 1. The molecule has 0 fully saturated rings. The maximum Gasteiger partial charge on any atom is 0.348 e. The second-order valence-corrected chi connectivity index (χ2v) is 3.56. The summed E-state index contributed by atoms with van der Waals surface area (Å²) in [5, 5.41) is 28.9. The Balaban J connectivity index is 2.75. The molecule has 0 aliphatic rings. The van der Waals surface area contributed by atoms with Gasteiger partial charge in [0.25, 0.3) is 5.60 Å². The highest BCUT2D eigenvalue weighted by Gasteiger charge is 2.46. The van der Waals surface area contributed by atoms with Crippen molar-refractivity contribution in [3.63, 3.8) is 0 Å². The average molecular weight is 253 g/mol. The Labute approximate surface area is 102 Å². The molecule has 1 amide bonds. The number of carbonyl (C=O) groups is 3. The second kappa shape index (κ2) is 5.28. The van der Waals surface area contributed by atoms with Crippen LogP contribution in [0.1, 0.15) is 6.42 Å². The van der Waals surface area contributed by atoms with Crippen LogP contribution in [0, 0.1) is 0 Å². The molecule has 0 heterocycles. The van der Waals surface area contributed by atoms with E-state index in [4.69, 9.17) is 10.2 Å². The van der Waals surface area contributed by atoms with E-state index in [0.29, 0.717) is 5.69 Å². The molecule has 4 N–H and O–H groups in total. The molecule has 0 bridgehead atoms. The third-order valence-electron chi connectivity index (χ3n) is 2.18. The highest BCUT2D eigenvalue weighted by atomic mass is 16.4. The largest absolute Gasteiger partial charge is 0.479 e. The first kappa shape index (κ1) is 13.7. The summed E-state index contributed by atoms with van der Waals surface area (Å²) in [6.45, 7) is 0. The number of anilines is 1. The van der Waals surface area contributed by atoms with E-state index in [1.807, 2.05) is 0 Å². The molecule has 0 unspecified atom stereocenters. The molecule has 18 heavy (non-hydrogen) atoms. The van der Waals surface area contributed by atoms with Crippen molar-refractivity contribution in [1.29, 1.82) is 0 Å². The maximum absolute atomic E-state index is 11.4. The fourth-order valence-electron chi connectivity index (χ4n) is 1.20. The summed E-state index contributed by atoms with van der Waals surface area (Å²) in [7, 11) is 0. The van der Waals surface area contributed by atoms with Gasteiger partial charge >= 0.3 is 11.9 Å². The number of hydrogen-bond acceptors (Lipinski definition) is 4. The first-order valence-electron chi connectivity index (χ1n) is 4.90. The van der Waals surface area contributed by atoms with Crippen LogP contribution in [0.15, 0.2) is 30.3 Å². The third-order valence-corrected chi connectivity index (χ3v) is 2.18. The van der Waals surface area contributed by atoms with Crippen LogP contribution in [0.2, 0.25) is 0 Å². The van der Waals surface area contributed by atoms with Crippen LogP contribution in [0.3, 0.4) is 0 Å². The Bertz CT molecular complexity index is 456. The van der Waals surface area contributed by atoms with E-state index < -0.39 is 29.9 Å². The Hall–Kier alpha value is -2.41. The fraction of sp³-hybridized carbons (Fsp3) is 0.182. The van der Waals surface area contributed by atoms with Crippen molar-refractivity contribution in [2.75, 3.05) is 5.32 Å². The van der Waals surface area contributed by atoms with Gasteiger partial charge in [0, 0.05) is 5.69 Å². The van der Waals surface area contributed by atoms with Gasteiger partial charge in [-0.3, -0.25) is 4.79 Å². The van der Waals surface area contributed by atoms with Crippen LogP contribution in [0.25, 0.3) is 0 Å². The number of carboxylic acids is 2. The molecule has 0 saturated heterocycles. The van der Waals surface area contributed by atoms with Crippen LogP contribution in [0.4, 0.5) is 5.69 Å². The summed E-state index contributed by atoms with van der Waals surface area (Å²) in [4.78, 5) is 32.7. The highest BCUT2D eigenvalue weighted by Crippen LogP contribution is 2.14. The van der Waals surface area contributed by atoms with Gasteiger partial charge in [-0.05, 0) is 12.1 Å². The molecule has 7 nitrogen and oxygen atoms in total. The van der Waals surface area contributed by atoms with Gasteiger partial charge in [0.05, 0.1) is 6.42 Å². The monoisotopic (exact) mass is 253 g/mol. The van der Waals surface area contributed by atoms with Gasteiger partial charge in [0.1, 0.15) is 0 Å². The minimum absolute atomic E-state index is 0.376. The molecule has 0 saturated carbocycles. The normalized spacial score (nSPS) is 10.7. The molecule has 1 aromatic carbocycles. The van der Waals surface area contributed by atoms with E-state index in [-0.39, 0.29) is 0 Å². The molecule has 0 aliphatic heterocycles. The molecule has 1 aromatic rings. The number of amides is 1. The number of rotatable bonds is 5. The first-order valence-corrected chi connectivity index (χ1v) is 4.90. The summed E-state index contributed by atoms with van der Waals surface area (Å²) in [6, 6.07) is 8.06. The molecular weight excluding hydrogens is 242 g/mol. The molecule has 0 radical (unpaired) electrons. The number of aliphatic carboxylic acids is 2. The molecule has 0 aromatic heterocycles. The predicted octanol–water partition coefficient (Wildman–Crippen LogP) is -0.0845. The lowest BCUT2D eigenvalue weighted by atomic mass is 10.00. The molecule has 0 spiro atoms. The van der Waals surface area contributed by atoms with Gasteiger partial charge in [-0.1, -0.05) is 18.2 Å². The summed E-state index contributed by atoms with van der Waals surface area (Å²) >= 11 is 0. The Kier molecular flexibility index (Phi) is 4.01. The van der Waals surface area contributed by atoms with E-state index in [2.05, 4.69) is 5.32 Å². The summed E-state index contributed by atoms with van der Waals surface area (Å²) in [5.41, 5.74) is -2.75. The standard InChI is InChI=1S/C11H11NO6/c13-8(12-7-4-2-1-3-5-7)6-11(18,9(14)15)10(16)17/h1-5,18H,6H2,(H,12,13)(H,14,15)(H,16,17). The van der Waals surface area contributed by atoms with E-state index in [1.165, 1.54) is 0 Å². The topological polar surface area (TPSA) is 124 Å². The van der Waals surface area contributed by atoms with Gasteiger partial charge in [0.2, 0.25) is 5.91 Å². The van der Waals surface area contributed by atoms with Gasteiger partial charge in [0.15, 0.2) is 0 Å². The summed E-state index contributed by atoms with van der Waals surface area (Å²) < 4.78 is 0. The van der Waals surface area contributed by atoms with E-state index >= 15 is 0 Å². The minimum Gasteiger partial charge on any atom is -0.479 e.